The quantitative estimate of drug-likeness (QED) is 0.264. The third kappa shape index (κ3) is 9.97. The summed E-state index contributed by atoms with van der Waals surface area (Å²) in [6.45, 7) is 7.90. The Kier molecular flexibility index (Phi) is 11.1. The van der Waals surface area contributed by atoms with Gasteiger partial charge in [-0.05, 0) is 71.4 Å². The first-order valence-electron chi connectivity index (χ1n) is 11.6. The van der Waals surface area contributed by atoms with E-state index in [1.807, 2.05) is 32.9 Å². The standard InChI is InChI=1S/C23H38N4O4.HI/c1-23(2,3)31-22(28)27-18-10-8-17(9-11-18)26-21(25-16-20-7-5-15-30-20)24-13-12-19-6-4-14-29-19;/h4,6,14,17-18,20H,5,7-13,15-16H2,1-3H3,(H,27,28)(H2,24,25,26);1H. The van der Waals surface area contributed by atoms with Crippen LogP contribution in [0.1, 0.15) is 65.1 Å². The lowest BCUT2D eigenvalue weighted by atomic mass is 9.91. The van der Waals surface area contributed by atoms with Crippen molar-refractivity contribution in [1.29, 1.82) is 0 Å². The van der Waals surface area contributed by atoms with Crippen molar-refractivity contribution < 1.29 is 18.7 Å². The van der Waals surface area contributed by atoms with Crippen LogP contribution in [0.15, 0.2) is 27.8 Å². The topological polar surface area (TPSA) is 97.1 Å². The van der Waals surface area contributed by atoms with E-state index in [4.69, 9.17) is 18.9 Å². The van der Waals surface area contributed by atoms with Crippen LogP contribution in [0.2, 0.25) is 0 Å². The van der Waals surface area contributed by atoms with Crippen molar-refractivity contribution in [3.05, 3.63) is 24.2 Å². The lowest BCUT2D eigenvalue weighted by Crippen LogP contribution is -2.48. The first-order valence-corrected chi connectivity index (χ1v) is 11.6. The van der Waals surface area contributed by atoms with Gasteiger partial charge in [-0.25, -0.2) is 4.79 Å². The molecule has 9 heteroatoms. The van der Waals surface area contributed by atoms with Crippen LogP contribution in [0, 0.1) is 0 Å². The van der Waals surface area contributed by atoms with Crippen LogP contribution in [-0.2, 0) is 15.9 Å². The van der Waals surface area contributed by atoms with E-state index in [1.165, 1.54) is 0 Å². The van der Waals surface area contributed by atoms with Crippen molar-refractivity contribution in [3.63, 3.8) is 0 Å². The molecule has 1 amide bonds. The van der Waals surface area contributed by atoms with E-state index >= 15 is 0 Å². The zero-order valence-corrected chi connectivity index (χ0v) is 21.9. The normalized spacial score (nSPS) is 23.8. The van der Waals surface area contributed by atoms with Crippen LogP contribution in [-0.4, -0.2) is 55.5 Å². The number of hydrogen-bond acceptors (Lipinski definition) is 5. The Balaban J connectivity index is 0.00000363. The number of furan rings is 1. The van der Waals surface area contributed by atoms with Crippen LogP contribution in [0.3, 0.4) is 0 Å². The molecule has 8 nitrogen and oxygen atoms in total. The molecule has 2 aliphatic rings. The molecular weight excluding hydrogens is 523 g/mol. The summed E-state index contributed by atoms with van der Waals surface area (Å²) in [7, 11) is 0. The van der Waals surface area contributed by atoms with Gasteiger partial charge < -0.3 is 29.8 Å². The van der Waals surface area contributed by atoms with E-state index < -0.39 is 5.60 Å². The number of amides is 1. The molecule has 0 radical (unpaired) electrons. The minimum absolute atomic E-state index is 0. The fourth-order valence-electron chi connectivity index (χ4n) is 3.94. The number of halogens is 1. The summed E-state index contributed by atoms with van der Waals surface area (Å²) >= 11 is 0. The van der Waals surface area contributed by atoms with E-state index in [0.29, 0.717) is 12.6 Å². The number of nitrogens with one attached hydrogen (secondary N) is 3. The first kappa shape index (κ1) is 26.8. The van der Waals surface area contributed by atoms with E-state index in [-0.39, 0.29) is 42.2 Å². The summed E-state index contributed by atoms with van der Waals surface area (Å²) in [6, 6.07) is 4.38. The fourth-order valence-corrected chi connectivity index (χ4v) is 3.94. The van der Waals surface area contributed by atoms with Gasteiger partial charge in [-0.2, -0.15) is 0 Å². The Hall–Kier alpha value is -1.49. The van der Waals surface area contributed by atoms with Gasteiger partial charge in [0.2, 0.25) is 0 Å². The third-order valence-corrected chi connectivity index (χ3v) is 5.51. The molecule has 1 unspecified atom stereocenters. The highest BCUT2D eigenvalue weighted by Crippen LogP contribution is 2.19. The molecule has 32 heavy (non-hydrogen) atoms. The number of alkyl carbamates (subject to hydrolysis) is 1. The Morgan fingerprint density at radius 1 is 1.16 bits per heavy atom. The number of guanidine groups is 1. The lowest BCUT2D eigenvalue weighted by molar-refractivity contribution is 0.0490. The van der Waals surface area contributed by atoms with Gasteiger partial charge in [0, 0.05) is 31.7 Å². The fraction of sp³-hybridized carbons (Fsp3) is 0.739. The second-order valence-electron chi connectivity index (χ2n) is 9.42. The molecule has 0 bridgehead atoms. The van der Waals surface area contributed by atoms with Gasteiger partial charge in [0.1, 0.15) is 11.4 Å². The Morgan fingerprint density at radius 2 is 1.88 bits per heavy atom. The molecule has 1 aromatic heterocycles. The van der Waals surface area contributed by atoms with Crippen molar-refractivity contribution in [2.24, 2.45) is 4.99 Å². The van der Waals surface area contributed by atoms with Crippen molar-refractivity contribution >= 4 is 36.0 Å². The number of carbonyl (C=O) groups excluding carboxylic acids is 1. The molecule has 3 N–H and O–H groups in total. The zero-order chi connectivity index (χ0) is 22.1. The maximum Gasteiger partial charge on any atom is 0.407 e. The molecule has 1 aliphatic heterocycles. The Labute approximate surface area is 208 Å². The first-order chi connectivity index (χ1) is 14.9. The van der Waals surface area contributed by atoms with Gasteiger partial charge in [-0.3, -0.25) is 4.99 Å². The van der Waals surface area contributed by atoms with Crippen molar-refractivity contribution in [2.45, 2.75) is 89.5 Å². The van der Waals surface area contributed by atoms with Gasteiger partial charge >= 0.3 is 6.09 Å². The molecular formula is C23H39IN4O4. The lowest BCUT2D eigenvalue weighted by Gasteiger charge is -2.31. The highest BCUT2D eigenvalue weighted by atomic mass is 127. The van der Waals surface area contributed by atoms with E-state index in [9.17, 15) is 4.79 Å². The van der Waals surface area contributed by atoms with Gasteiger partial charge in [0.15, 0.2) is 5.96 Å². The maximum absolute atomic E-state index is 12.0. The van der Waals surface area contributed by atoms with Crippen LogP contribution in [0.5, 0.6) is 0 Å². The molecule has 1 atom stereocenters. The summed E-state index contributed by atoms with van der Waals surface area (Å²) < 4.78 is 16.5. The zero-order valence-electron chi connectivity index (χ0n) is 19.5. The van der Waals surface area contributed by atoms with Gasteiger partial charge in [0.25, 0.3) is 0 Å². The number of carbonyl (C=O) groups is 1. The van der Waals surface area contributed by atoms with Gasteiger partial charge in [-0.1, -0.05) is 0 Å². The van der Waals surface area contributed by atoms with Crippen LogP contribution in [0.25, 0.3) is 0 Å². The monoisotopic (exact) mass is 562 g/mol. The Morgan fingerprint density at radius 3 is 2.47 bits per heavy atom. The summed E-state index contributed by atoms with van der Waals surface area (Å²) in [4.78, 5) is 16.8. The van der Waals surface area contributed by atoms with Crippen LogP contribution < -0.4 is 16.0 Å². The third-order valence-electron chi connectivity index (χ3n) is 5.51. The predicted octanol–water partition coefficient (Wildman–Crippen LogP) is 3.99. The molecule has 0 aromatic carbocycles. The predicted molar refractivity (Wildman–Crippen MR) is 136 cm³/mol. The summed E-state index contributed by atoms with van der Waals surface area (Å²) in [6.07, 6.45) is 8.36. The summed E-state index contributed by atoms with van der Waals surface area (Å²) in [5, 5.41) is 10.0. The SMILES string of the molecule is CC(C)(C)OC(=O)NC1CCC(NC(=NCC2CCCO2)NCCc2ccco2)CC1.I. The minimum Gasteiger partial charge on any atom is -0.469 e. The molecule has 1 aliphatic carbocycles. The Bertz CT molecular complexity index is 691. The number of aliphatic imine (C=N–C) groups is 1. The average Bonchev–Trinajstić information content (AvgIpc) is 3.40. The van der Waals surface area contributed by atoms with Crippen molar-refractivity contribution in [1.82, 2.24) is 16.0 Å². The van der Waals surface area contributed by atoms with Crippen molar-refractivity contribution in [3.8, 4) is 0 Å². The van der Waals surface area contributed by atoms with E-state index in [0.717, 1.165) is 69.8 Å². The van der Waals surface area contributed by atoms with Crippen molar-refractivity contribution in [2.75, 3.05) is 19.7 Å². The number of ether oxygens (including phenoxy) is 2. The number of rotatable bonds is 7. The largest absolute Gasteiger partial charge is 0.469 e. The molecule has 182 valence electrons. The second-order valence-corrected chi connectivity index (χ2v) is 9.42. The highest BCUT2D eigenvalue weighted by Gasteiger charge is 2.25. The number of hydrogen-bond donors (Lipinski definition) is 3. The molecule has 1 saturated heterocycles. The molecule has 0 spiro atoms. The molecule has 1 aromatic rings. The molecule has 2 fully saturated rings. The van der Waals surface area contributed by atoms with E-state index in [2.05, 4.69) is 16.0 Å². The van der Waals surface area contributed by atoms with Gasteiger partial charge in [-0.15, -0.1) is 24.0 Å². The van der Waals surface area contributed by atoms with E-state index in [1.54, 1.807) is 6.26 Å². The average molecular weight is 562 g/mol. The smallest absolute Gasteiger partial charge is 0.407 e. The highest BCUT2D eigenvalue weighted by molar-refractivity contribution is 14.0. The second kappa shape index (κ2) is 13.3. The molecule has 1 saturated carbocycles. The molecule has 2 heterocycles. The number of nitrogens with zero attached hydrogens (tertiary/aromatic N) is 1. The van der Waals surface area contributed by atoms with Crippen LogP contribution >= 0.6 is 24.0 Å². The van der Waals surface area contributed by atoms with Gasteiger partial charge in [0.05, 0.1) is 18.9 Å². The van der Waals surface area contributed by atoms with Crippen LogP contribution in [0.4, 0.5) is 4.79 Å². The minimum atomic E-state index is -0.474. The molecule has 3 rings (SSSR count). The summed E-state index contributed by atoms with van der Waals surface area (Å²) in [5.74, 6) is 1.78. The maximum atomic E-state index is 12.0. The summed E-state index contributed by atoms with van der Waals surface area (Å²) in [5.41, 5.74) is -0.474.